The molecule has 8 nitrogen and oxygen atoms in total. The molecule has 0 aliphatic carbocycles. The monoisotopic (exact) mass is 435 g/mol. The third-order valence-electron chi connectivity index (χ3n) is 5.10. The van der Waals surface area contributed by atoms with Gasteiger partial charge in [-0.05, 0) is 63.1 Å². The lowest BCUT2D eigenvalue weighted by atomic mass is 9.99. The van der Waals surface area contributed by atoms with E-state index in [1.807, 2.05) is 6.92 Å². The molecule has 0 radical (unpaired) electrons. The van der Waals surface area contributed by atoms with Crippen LogP contribution in [0, 0.1) is 5.92 Å². The third kappa shape index (κ3) is 5.14. The van der Waals surface area contributed by atoms with Gasteiger partial charge < -0.3 is 14.5 Å². The molecule has 1 unspecified atom stereocenters. The molecule has 1 aliphatic rings. The highest BCUT2D eigenvalue weighted by atomic mass is 32.2. The Morgan fingerprint density at radius 3 is 2.67 bits per heavy atom. The summed E-state index contributed by atoms with van der Waals surface area (Å²) in [6.07, 6.45) is 2.85. The Kier molecular flexibility index (Phi) is 7.38. The summed E-state index contributed by atoms with van der Waals surface area (Å²) in [5, 5.41) is 2.84. The number of anilines is 1. The molecule has 0 bridgehead atoms. The van der Waals surface area contributed by atoms with Gasteiger partial charge in [0, 0.05) is 19.6 Å². The molecule has 164 valence electrons. The second kappa shape index (κ2) is 9.99. The van der Waals surface area contributed by atoms with E-state index in [9.17, 15) is 13.2 Å². The van der Waals surface area contributed by atoms with Crippen LogP contribution in [0.5, 0.6) is 5.75 Å². The highest BCUT2D eigenvalue weighted by Crippen LogP contribution is 2.27. The smallest absolute Gasteiger partial charge is 0.304 e. The standard InChI is InChI=1S/C21H29N3O5S/c1-3-24(18-9-11-19(12-10-18)28-4-2)30(26,27)23-13-5-7-17(16-23)21(25)22-15-20-8-6-14-29-20/h6,8-12,14,17H,3-5,7,13,15-16H2,1-2H3,(H,22,25). The Hall–Kier alpha value is -2.52. The Labute approximate surface area is 178 Å². The van der Waals surface area contributed by atoms with Gasteiger partial charge >= 0.3 is 10.2 Å². The molecule has 1 fully saturated rings. The van der Waals surface area contributed by atoms with Crippen molar-refractivity contribution >= 4 is 21.8 Å². The van der Waals surface area contributed by atoms with E-state index in [1.165, 1.54) is 8.61 Å². The molecular weight excluding hydrogens is 406 g/mol. The van der Waals surface area contributed by atoms with Crippen LogP contribution in [0.1, 0.15) is 32.4 Å². The molecule has 0 saturated carbocycles. The normalized spacial score (nSPS) is 17.5. The molecule has 1 aromatic heterocycles. The van der Waals surface area contributed by atoms with E-state index in [-0.39, 0.29) is 18.4 Å². The Balaban J connectivity index is 1.68. The maximum absolute atomic E-state index is 13.3. The summed E-state index contributed by atoms with van der Waals surface area (Å²) < 4.78 is 40.1. The van der Waals surface area contributed by atoms with Gasteiger partial charge in [-0.15, -0.1) is 0 Å². The van der Waals surface area contributed by atoms with Crippen molar-refractivity contribution in [2.45, 2.75) is 33.2 Å². The van der Waals surface area contributed by atoms with E-state index in [2.05, 4.69) is 5.32 Å². The number of amides is 1. The van der Waals surface area contributed by atoms with Crippen molar-refractivity contribution in [2.75, 3.05) is 30.5 Å². The minimum absolute atomic E-state index is 0.157. The van der Waals surface area contributed by atoms with Crippen LogP contribution < -0.4 is 14.4 Å². The highest BCUT2D eigenvalue weighted by Gasteiger charge is 2.35. The van der Waals surface area contributed by atoms with Crippen LogP contribution in [0.25, 0.3) is 0 Å². The van der Waals surface area contributed by atoms with Gasteiger partial charge in [0.2, 0.25) is 5.91 Å². The van der Waals surface area contributed by atoms with Gasteiger partial charge in [0.1, 0.15) is 11.5 Å². The van der Waals surface area contributed by atoms with Gasteiger partial charge in [0.05, 0.1) is 31.0 Å². The fourth-order valence-electron chi connectivity index (χ4n) is 3.59. The average molecular weight is 436 g/mol. The minimum Gasteiger partial charge on any atom is -0.494 e. The highest BCUT2D eigenvalue weighted by molar-refractivity contribution is 7.90. The lowest BCUT2D eigenvalue weighted by Gasteiger charge is -2.35. The molecule has 1 aliphatic heterocycles. The maximum atomic E-state index is 13.3. The van der Waals surface area contributed by atoms with Crippen molar-refractivity contribution in [3.63, 3.8) is 0 Å². The molecule has 1 N–H and O–H groups in total. The van der Waals surface area contributed by atoms with Crippen LogP contribution >= 0.6 is 0 Å². The zero-order valence-electron chi connectivity index (χ0n) is 17.4. The van der Waals surface area contributed by atoms with Gasteiger partial charge in [-0.3, -0.25) is 9.10 Å². The molecule has 2 aromatic rings. The average Bonchev–Trinajstić information content (AvgIpc) is 3.27. The second-order valence-corrected chi connectivity index (χ2v) is 8.95. The zero-order chi connectivity index (χ0) is 21.6. The fourth-order valence-corrected chi connectivity index (χ4v) is 5.31. The first-order valence-electron chi connectivity index (χ1n) is 10.3. The second-order valence-electron chi connectivity index (χ2n) is 7.09. The number of nitrogens with zero attached hydrogens (tertiary/aromatic N) is 2. The molecule has 2 heterocycles. The number of hydrogen-bond donors (Lipinski definition) is 1. The maximum Gasteiger partial charge on any atom is 0.304 e. The molecule has 1 saturated heterocycles. The quantitative estimate of drug-likeness (QED) is 0.654. The van der Waals surface area contributed by atoms with E-state index in [0.29, 0.717) is 56.3 Å². The first-order chi connectivity index (χ1) is 14.5. The third-order valence-corrected chi connectivity index (χ3v) is 7.11. The Bertz CT molecular complexity index is 913. The molecule has 30 heavy (non-hydrogen) atoms. The molecule has 1 aromatic carbocycles. The van der Waals surface area contributed by atoms with Crippen molar-refractivity contribution in [2.24, 2.45) is 5.92 Å². The van der Waals surface area contributed by atoms with E-state index >= 15 is 0 Å². The Morgan fingerprint density at radius 2 is 2.03 bits per heavy atom. The zero-order valence-corrected chi connectivity index (χ0v) is 18.2. The number of rotatable bonds is 9. The molecular formula is C21H29N3O5S. The van der Waals surface area contributed by atoms with E-state index < -0.39 is 10.2 Å². The van der Waals surface area contributed by atoms with Gasteiger partial charge in [-0.2, -0.15) is 12.7 Å². The van der Waals surface area contributed by atoms with Crippen LogP contribution in [0.3, 0.4) is 0 Å². The van der Waals surface area contributed by atoms with Gasteiger partial charge in [-0.1, -0.05) is 0 Å². The van der Waals surface area contributed by atoms with E-state index in [0.717, 1.165) is 0 Å². The summed E-state index contributed by atoms with van der Waals surface area (Å²) in [5.41, 5.74) is 0.574. The van der Waals surface area contributed by atoms with E-state index in [4.69, 9.17) is 9.15 Å². The van der Waals surface area contributed by atoms with Crippen LogP contribution in [0.15, 0.2) is 47.1 Å². The van der Waals surface area contributed by atoms with Crippen molar-refractivity contribution in [3.05, 3.63) is 48.4 Å². The number of nitrogens with one attached hydrogen (secondary N) is 1. The number of piperidine rings is 1. The van der Waals surface area contributed by atoms with Gasteiger partial charge in [0.15, 0.2) is 0 Å². The Morgan fingerprint density at radius 1 is 1.27 bits per heavy atom. The lowest BCUT2D eigenvalue weighted by molar-refractivity contribution is -0.126. The first-order valence-corrected chi connectivity index (χ1v) is 11.7. The number of carbonyl (C=O) groups excluding carboxylic acids is 1. The molecule has 0 spiro atoms. The summed E-state index contributed by atoms with van der Waals surface area (Å²) in [4.78, 5) is 12.6. The summed E-state index contributed by atoms with van der Waals surface area (Å²) >= 11 is 0. The van der Waals surface area contributed by atoms with E-state index in [1.54, 1.807) is 49.6 Å². The number of carbonyl (C=O) groups is 1. The van der Waals surface area contributed by atoms with Crippen LogP contribution in [-0.2, 0) is 21.5 Å². The molecule has 9 heteroatoms. The number of benzene rings is 1. The lowest BCUT2D eigenvalue weighted by Crippen LogP contribution is -2.50. The van der Waals surface area contributed by atoms with Crippen molar-refractivity contribution in [1.29, 1.82) is 0 Å². The largest absolute Gasteiger partial charge is 0.494 e. The summed E-state index contributed by atoms with van der Waals surface area (Å²) in [6, 6.07) is 10.5. The van der Waals surface area contributed by atoms with Gasteiger partial charge in [0.25, 0.3) is 0 Å². The predicted octanol–water partition coefficient (Wildman–Crippen LogP) is 2.78. The SMILES string of the molecule is CCOc1ccc(N(CC)S(=O)(=O)N2CCCC(C(=O)NCc3ccco3)C2)cc1. The summed E-state index contributed by atoms with van der Waals surface area (Å²) in [5.74, 6) is 0.815. The fraction of sp³-hybridized carbons (Fsp3) is 0.476. The summed E-state index contributed by atoms with van der Waals surface area (Å²) in [7, 11) is -3.75. The summed E-state index contributed by atoms with van der Waals surface area (Å²) in [6.45, 7) is 5.40. The molecule has 1 amide bonds. The first kappa shape index (κ1) is 22.2. The number of hydrogen-bond acceptors (Lipinski definition) is 5. The van der Waals surface area contributed by atoms with Gasteiger partial charge in [-0.25, -0.2) is 0 Å². The predicted molar refractivity (Wildman–Crippen MR) is 114 cm³/mol. The molecule has 1 atom stereocenters. The number of furan rings is 1. The number of ether oxygens (including phenoxy) is 1. The van der Waals surface area contributed by atoms with Crippen molar-refractivity contribution < 1.29 is 22.4 Å². The van der Waals surface area contributed by atoms with Crippen molar-refractivity contribution in [1.82, 2.24) is 9.62 Å². The topological polar surface area (TPSA) is 92.1 Å². The molecule has 3 rings (SSSR count). The van der Waals surface area contributed by atoms with Crippen LogP contribution in [0.4, 0.5) is 5.69 Å². The van der Waals surface area contributed by atoms with Crippen molar-refractivity contribution in [3.8, 4) is 5.75 Å². The minimum atomic E-state index is -3.75. The van der Waals surface area contributed by atoms with Crippen LogP contribution in [-0.4, -0.2) is 44.9 Å². The van der Waals surface area contributed by atoms with Crippen LogP contribution in [0.2, 0.25) is 0 Å².